The molecule has 0 bridgehead atoms. The minimum absolute atomic E-state index is 0.180. The highest BCUT2D eigenvalue weighted by Crippen LogP contribution is 2.28. The van der Waals surface area contributed by atoms with Crippen LogP contribution >= 0.6 is 0 Å². The molecule has 4 rings (SSSR count). The Morgan fingerprint density at radius 2 is 1.83 bits per heavy atom. The van der Waals surface area contributed by atoms with Gasteiger partial charge in [-0.25, -0.2) is 4.98 Å². The quantitative estimate of drug-likeness (QED) is 0.522. The lowest BCUT2D eigenvalue weighted by atomic mass is 10.1. The lowest BCUT2D eigenvalue weighted by Crippen LogP contribution is -2.26. The molecule has 6 heteroatoms. The smallest absolute Gasteiger partial charge is 0.269 e. The molecule has 1 amide bonds. The predicted octanol–water partition coefficient (Wildman–Crippen LogP) is 4.01. The van der Waals surface area contributed by atoms with Gasteiger partial charge in [-0.1, -0.05) is 24.3 Å². The predicted molar refractivity (Wildman–Crippen MR) is 114 cm³/mol. The number of rotatable bonds is 6. The number of hydrogen-bond acceptors (Lipinski definition) is 4. The van der Waals surface area contributed by atoms with E-state index >= 15 is 0 Å². The van der Waals surface area contributed by atoms with Crippen molar-refractivity contribution >= 4 is 27.7 Å². The molecule has 0 radical (unpaired) electrons. The molecule has 2 aromatic carbocycles. The van der Waals surface area contributed by atoms with Crippen molar-refractivity contribution in [3.8, 4) is 11.5 Å². The van der Waals surface area contributed by atoms with Gasteiger partial charge < -0.3 is 19.8 Å². The Bertz CT molecular complexity index is 1200. The molecule has 2 aromatic heterocycles. The number of benzene rings is 2. The molecule has 0 saturated heterocycles. The second kappa shape index (κ2) is 7.83. The van der Waals surface area contributed by atoms with Gasteiger partial charge in [0.25, 0.3) is 5.91 Å². The highest BCUT2D eigenvalue weighted by molar-refractivity contribution is 6.10. The Balaban J connectivity index is 1.50. The average molecular weight is 389 g/mol. The van der Waals surface area contributed by atoms with Gasteiger partial charge in [-0.15, -0.1) is 0 Å². The number of carbonyl (C=O) groups excluding carboxylic acids is 1. The van der Waals surface area contributed by atoms with Crippen molar-refractivity contribution < 1.29 is 14.3 Å². The Kier molecular flexibility index (Phi) is 5.08. The number of H-pyrrole nitrogens is 1. The molecule has 0 aliphatic heterocycles. The van der Waals surface area contributed by atoms with E-state index in [0.717, 1.165) is 33.1 Å². The van der Waals surface area contributed by atoms with Crippen molar-refractivity contribution in [2.75, 3.05) is 20.8 Å². The maximum atomic E-state index is 12.7. The third-order valence-corrected chi connectivity index (χ3v) is 5.06. The van der Waals surface area contributed by atoms with Crippen LogP contribution in [0, 0.1) is 6.92 Å². The van der Waals surface area contributed by atoms with E-state index < -0.39 is 0 Å². The molecule has 29 heavy (non-hydrogen) atoms. The summed E-state index contributed by atoms with van der Waals surface area (Å²) in [6.45, 7) is 2.42. The number of aromatic amines is 1. The largest absolute Gasteiger partial charge is 0.493 e. The Labute approximate surface area is 168 Å². The molecule has 0 atom stereocenters. The first-order chi connectivity index (χ1) is 14.1. The van der Waals surface area contributed by atoms with Crippen LogP contribution in [0.25, 0.3) is 21.8 Å². The highest BCUT2D eigenvalue weighted by atomic mass is 16.5. The first-order valence-electron chi connectivity index (χ1n) is 9.48. The molecule has 0 spiro atoms. The van der Waals surface area contributed by atoms with Gasteiger partial charge in [-0.3, -0.25) is 4.79 Å². The number of hydrogen-bond donors (Lipinski definition) is 2. The van der Waals surface area contributed by atoms with Gasteiger partial charge in [0, 0.05) is 22.8 Å². The zero-order chi connectivity index (χ0) is 20.4. The van der Waals surface area contributed by atoms with Crippen LogP contribution in [0.4, 0.5) is 0 Å². The number of ether oxygens (including phenoxy) is 2. The van der Waals surface area contributed by atoms with Gasteiger partial charge >= 0.3 is 0 Å². The molecule has 6 nitrogen and oxygen atoms in total. The minimum Gasteiger partial charge on any atom is -0.493 e. The monoisotopic (exact) mass is 389 g/mol. The number of aryl methyl sites for hydroxylation is 1. The van der Waals surface area contributed by atoms with Crippen LogP contribution in [0.3, 0.4) is 0 Å². The number of fused-ring (bicyclic) bond motifs is 3. The Morgan fingerprint density at radius 1 is 1.03 bits per heavy atom. The summed E-state index contributed by atoms with van der Waals surface area (Å²) in [4.78, 5) is 20.6. The summed E-state index contributed by atoms with van der Waals surface area (Å²) >= 11 is 0. The lowest BCUT2D eigenvalue weighted by molar-refractivity contribution is 0.0949. The molecule has 148 valence electrons. The van der Waals surface area contributed by atoms with E-state index in [1.807, 2.05) is 55.5 Å². The standard InChI is InChI=1S/C23H23N3O3/c1-14-22-17(16-6-4-5-7-18(16)26-22)13-19(25-14)23(27)24-11-10-15-8-9-20(28-2)21(12-15)29-3/h4-9,12-13,26H,10-11H2,1-3H3,(H,24,27). The second-order valence-electron chi connectivity index (χ2n) is 6.88. The molecule has 0 aliphatic carbocycles. The van der Waals surface area contributed by atoms with Crippen LogP contribution in [0.5, 0.6) is 11.5 Å². The molecule has 4 aromatic rings. The number of nitrogens with zero attached hydrogens (tertiary/aromatic N) is 1. The fraction of sp³-hybridized carbons (Fsp3) is 0.217. The summed E-state index contributed by atoms with van der Waals surface area (Å²) in [7, 11) is 3.22. The van der Waals surface area contributed by atoms with Crippen LogP contribution in [0.15, 0.2) is 48.5 Å². The Hall–Kier alpha value is -3.54. The number of carbonyl (C=O) groups is 1. The fourth-order valence-corrected chi connectivity index (χ4v) is 3.57. The number of nitrogens with one attached hydrogen (secondary N) is 2. The van der Waals surface area contributed by atoms with Gasteiger partial charge in [-0.05, 0) is 43.2 Å². The average Bonchev–Trinajstić information content (AvgIpc) is 3.13. The van der Waals surface area contributed by atoms with E-state index in [1.54, 1.807) is 14.2 Å². The number of para-hydroxylation sites is 1. The van der Waals surface area contributed by atoms with Crippen molar-refractivity contribution in [3.63, 3.8) is 0 Å². The summed E-state index contributed by atoms with van der Waals surface area (Å²) in [5.41, 5.74) is 4.29. The van der Waals surface area contributed by atoms with Gasteiger partial charge in [0.1, 0.15) is 5.69 Å². The summed E-state index contributed by atoms with van der Waals surface area (Å²) in [6.07, 6.45) is 0.681. The summed E-state index contributed by atoms with van der Waals surface area (Å²) in [5.74, 6) is 1.19. The first kappa shape index (κ1) is 18.8. The van der Waals surface area contributed by atoms with E-state index in [1.165, 1.54) is 0 Å². The van der Waals surface area contributed by atoms with E-state index in [0.29, 0.717) is 30.2 Å². The molecule has 2 N–H and O–H groups in total. The van der Waals surface area contributed by atoms with Gasteiger partial charge in [0.2, 0.25) is 0 Å². The molecule has 0 aliphatic rings. The third kappa shape index (κ3) is 3.61. The SMILES string of the molecule is COc1ccc(CCNC(=O)c2cc3c([nH]c4ccccc43)c(C)n2)cc1OC. The molecule has 0 unspecified atom stereocenters. The van der Waals surface area contributed by atoms with Gasteiger partial charge in [0.05, 0.1) is 25.4 Å². The van der Waals surface area contributed by atoms with E-state index in [4.69, 9.17) is 9.47 Å². The minimum atomic E-state index is -0.180. The maximum Gasteiger partial charge on any atom is 0.269 e. The van der Waals surface area contributed by atoms with Crippen LogP contribution in [-0.2, 0) is 6.42 Å². The van der Waals surface area contributed by atoms with Crippen molar-refractivity contribution in [2.45, 2.75) is 13.3 Å². The maximum absolute atomic E-state index is 12.7. The van der Waals surface area contributed by atoms with Gasteiger partial charge in [-0.2, -0.15) is 0 Å². The highest BCUT2D eigenvalue weighted by Gasteiger charge is 2.14. The molecular weight excluding hydrogens is 366 g/mol. The van der Waals surface area contributed by atoms with Crippen molar-refractivity contribution in [3.05, 3.63) is 65.5 Å². The van der Waals surface area contributed by atoms with Crippen molar-refractivity contribution in [1.29, 1.82) is 0 Å². The van der Waals surface area contributed by atoms with Crippen molar-refractivity contribution in [2.24, 2.45) is 0 Å². The van der Waals surface area contributed by atoms with Crippen molar-refractivity contribution in [1.82, 2.24) is 15.3 Å². The van der Waals surface area contributed by atoms with Gasteiger partial charge in [0.15, 0.2) is 11.5 Å². The van der Waals surface area contributed by atoms with E-state index in [2.05, 4.69) is 15.3 Å². The van der Waals surface area contributed by atoms with E-state index in [-0.39, 0.29) is 5.91 Å². The van der Waals surface area contributed by atoms with Crippen LogP contribution < -0.4 is 14.8 Å². The lowest BCUT2D eigenvalue weighted by Gasteiger charge is -2.10. The molecule has 0 fully saturated rings. The molecule has 2 heterocycles. The van der Waals surface area contributed by atoms with Crippen LogP contribution in [0.2, 0.25) is 0 Å². The fourth-order valence-electron chi connectivity index (χ4n) is 3.57. The number of pyridine rings is 1. The zero-order valence-corrected chi connectivity index (χ0v) is 16.7. The number of aromatic nitrogens is 2. The summed E-state index contributed by atoms with van der Waals surface area (Å²) in [5, 5.41) is 5.06. The van der Waals surface area contributed by atoms with Crippen LogP contribution in [-0.4, -0.2) is 36.6 Å². The number of amides is 1. The second-order valence-corrected chi connectivity index (χ2v) is 6.88. The summed E-state index contributed by atoms with van der Waals surface area (Å²) in [6, 6.07) is 15.7. The van der Waals surface area contributed by atoms with E-state index in [9.17, 15) is 4.79 Å². The molecular formula is C23H23N3O3. The first-order valence-corrected chi connectivity index (χ1v) is 9.48. The summed E-state index contributed by atoms with van der Waals surface area (Å²) < 4.78 is 10.6. The zero-order valence-electron chi connectivity index (χ0n) is 16.7. The van der Waals surface area contributed by atoms with Crippen LogP contribution in [0.1, 0.15) is 21.7 Å². The Morgan fingerprint density at radius 3 is 2.62 bits per heavy atom. The third-order valence-electron chi connectivity index (χ3n) is 5.06. The molecule has 0 saturated carbocycles. The topological polar surface area (TPSA) is 76.2 Å². The number of methoxy groups -OCH3 is 2. The normalized spacial score (nSPS) is 11.0.